The summed E-state index contributed by atoms with van der Waals surface area (Å²) in [5.74, 6) is -0.258. The van der Waals surface area contributed by atoms with Crippen LogP contribution in [0.4, 0.5) is 11.4 Å². The smallest absolute Gasteiger partial charge is 0.260 e. The van der Waals surface area contributed by atoms with Gasteiger partial charge in [0.05, 0.1) is 11.4 Å². The number of amides is 1. The molecular weight excluding hydrogens is 398 g/mol. The average molecular weight is 424 g/mol. The lowest BCUT2D eigenvalue weighted by molar-refractivity contribution is 0.102. The van der Waals surface area contributed by atoms with E-state index in [1.807, 2.05) is 42.5 Å². The first-order chi connectivity index (χ1) is 14.4. The van der Waals surface area contributed by atoms with Crippen molar-refractivity contribution in [1.29, 1.82) is 0 Å². The lowest BCUT2D eigenvalue weighted by Gasteiger charge is -2.35. The Kier molecular flexibility index (Phi) is 5.79. The third-order valence-electron chi connectivity index (χ3n) is 5.53. The molecule has 1 amide bonds. The molecule has 0 bridgehead atoms. The molecule has 1 aromatic heterocycles. The van der Waals surface area contributed by atoms with Crippen LogP contribution in [0.25, 0.3) is 5.69 Å². The van der Waals surface area contributed by atoms with Crippen LogP contribution in [0.1, 0.15) is 21.6 Å². The Hall–Kier alpha value is -2.83. The highest BCUT2D eigenvalue weighted by Gasteiger charge is 2.22. The van der Waals surface area contributed by atoms with Crippen molar-refractivity contribution in [2.45, 2.75) is 13.8 Å². The summed E-state index contributed by atoms with van der Waals surface area (Å²) in [5, 5.41) is 7.74. The summed E-state index contributed by atoms with van der Waals surface area (Å²) in [4.78, 5) is 17.7. The summed E-state index contributed by atoms with van der Waals surface area (Å²) >= 11 is 6.52. The Labute approximate surface area is 182 Å². The molecule has 0 radical (unpaired) electrons. The summed E-state index contributed by atoms with van der Waals surface area (Å²) < 4.78 is 1.59. The number of piperazine rings is 1. The van der Waals surface area contributed by atoms with Crippen molar-refractivity contribution in [3.8, 4) is 5.69 Å². The number of benzene rings is 2. The van der Waals surface area contributed by atoms with E-state index in [0.29, 0.717) is 16.4 Å². The highest BCUT2D eigenvalue weighted by Crippen LogP contribution is 2.27. The van der Waals surface area contributed by atoms with E-state index in [9.17, 15) is 4.79 Å². The molecule has 6 nitrogen and oxygen atoms in total. The zero-order chi connectivity index (χ0) is 21.3. The quantitative estimate of drug-likeness (QED) is 0.685. The second-order valence-corrected chi connectivity index (χ2v) is 8.10. The summed E-state index contributed by atoms with van der Waals surface area (Å²) in [5.41, 5.74) is 4.90. The van der Waals surface area contributed by atoms with Gasteiger partial charge < -0.3 is 15.1 Å². The van der Waals surface area contributed by atoms with Crippen molar-refractivity contribution in [2.75, 3.05) is 43.4 Å². The zero-order valence-corrected chi connectivity index (χ0v) is 18.3. The van der Waals surface area contributed by atoms with Gasteiger partial charge in [0, 0.05) is 37.6 Å². The molecule has 0 atom stereocenters. The maximum absolute atomic E-state index is 13.0. The first kappa shape index (κ1) is 20.4. The summed E-state index contributed by atoms with van der Waals surface area (Å²) in [6.45, 7) is 8.01. The van der Waals surface area contributed by atoms with Crippen LogP contribution >= 0.6 is 11.6 Å². The normalized spacial score (nSPS) is 14.7. The Morgan fingerprint density at radius 1 is 1.03 bits per heavy atom. The largest absolute Gasteiger partial charge is 0.369 e. The maximum Gasteiger partial charge on any atom is 0.260 e. The topological polar surface area (TPSA) is 53.4 Å². The first-order valence-corrected chi connectivity index (χ1v) is 10.5. The molecule has 3 aromatic rings. The Morgan fingerprint density at radius 3 is 2.40 bits per heavy atom. The summed E-state index contributed by atoms with van der Waals surface area (Å²) in [6, 6.07) is 15.6. The number of nitrogens with one attached hydrogen (secondary N) is 1. The lowest BCUT2D eigenvalue weighted by atomic mass is 10.1. The summed E-state index contributed by atoms with van der Waals surface area (Å²) in [6.07, 6.45) is 0. The van der Waals surface area contributed by atoms with E-state index < -0.39 is 0 Å². The second kappa shape index (κ2) is 8.50. The van der Waals surface area contributed by atoms with Crippen molar-refractivity contribution in [2.24, 2.45) is 0 Å². The maximum atomic E-state index is 13.0. The van der Waals surface area contributed by atoms with Crippen LogP contribution in [-0.2, 0) is 0 Å². The predicted octanol–water partition coefficient (Wildman–Crippen LogP) is 4.15. The van der Waals surface area contributed by atoms with E-state index >= 15 is 0 Å². The molecule has 0 saturated carbocycles. The van der Waals surface area contributed by atoms with Gasteiger partial charge in [0.1, 0.15) is 10.7 Å². The van der Waals surface area contributed by atoms with E-state index in [4.69, 9.17) is 11.6 Å². The number of nitrogens with zero attached hydrogens (tertiary/aromatic N) is 4. The monoisotopic (exact) mass is 423 g/mol. The number of rotatable bonds is 4. The molecule has 1 aliphatic rings. The highest BCUT2D eigenvalue weighted by molar-refractivity contribution is 6.34. The number of halogens is 1. The van der Waals surface area contributed by atoms with Crippen LogP contribution in [0.2, 0.25) is 5.15 Å². The predicted molar refractivity (Wildman–Crippen MR) is 122 cm³/mol. The fraction of sp³-hybridized carbons (Fsp3) is 0.304. The van der Waals surface area contributed by atoms with Gasteiger partial charge in [-0.1, -0.05) is 29.8 Å². The van der Waals surface area contributed by atoms with Crippen molar-refractivity contribution >= 4 is 28.9 Å². The van der Waals surface area contributed by atoms with Gasteiger partial charge in [-0.25, -0.2) is 4.68 Å². The molecule has 0 unspecified atom stereocenters. The van der Waals surface area contributed by atoms with E-state index in [1.54, 1.807) is 11.6 Å². The number of hydrogen-bond donors (Lipinski definition) is 1. The van der Waals surface area contributed by atoms with Gasteiger partial charge in [0.25, 0.3) is 5.91 Å². The Bertz CT molecular complexity index is 1050. The van der Waals surface area contributed by atoms with Crippen LogP contribution in [0, 0.1) is 13.8 Å². The highest BCUT2D eigenvalue weighted by atomic mass is 35.5. The van der Waals surface area contributed by atoms with Crippen molar-refractivity contribution < 1.29 is 4.79 Å². The van der Waals surface area contributed by atoms with E-state index in [0.717, 1.165) is 43.1 Å². The molecule has 30 heavy (non-hydrogen) atoms. The van der Waals surface area contributed by atoms with Gasteiger partial charge in [0.15, 0.2) is 0 Å². The van der Waals surface area contributed by atoms with Crippen molar-refractivity contribution in [3.05, 3.63) is 70.5 Å². The fourth-order valence-corrected chi connectivity index (χ4v) is 4.18. The Morgan fingerprint density at radius 2 is 1.73 bits per heavy atom. The molecule has 1 saturated heterocycles. The SMILES string of the molecule is Cc1cc(NC(=O)c2c(C)nn(-c3ccccc3)c2Cl)ccc1N1CCN(C)CC1. The molecule has 0 spiro atoms. The third kappa shape index (κ3) is 4.06. The van der Waals surface area contributed by atoms with Crippen LogP contribution in [0.3, 0.4) is 0 Å². The standard InChI is InChI=1S/C23H26ClN5O/c1-16-15-18(9-10-20(16)28-13-11-27(3)12-14-28)25-23(30)21-17(2)26-29(22(21)24)19-7-5-4-6-8-19/h4-10,15H,11-14H2,1-3H3,(H,25,30). The van der Waals surface area contributed by atoms with Gasteiger partial charge in [0.2, 0.25) is 0 Å². The van der Waals surface area contributed by atoms with Gasteiger partial charge in [-0.05, 0) is 56.8 Å². The molecule has 1 fully saturated rings. The minimum absolute atomic E-state index is 0.258. The molecule has 156 valence electrons. The third-order valence-corrected chi connectivity index (χ3v) is 5.88. The van der Waals surface area contributed by atoms with Gasteiger partial charge in [-0.2, -0.15) is 5.10 Å². The van der Waals surface area contributed by atoms with E-state index in [1.165, 1.54) is 5.69 Å². The van der Waals surface area contributed by atoms with Gasteiger partial charge in [-0.15, -0.1) is 0 Å². The average Bonchev–Trinajstić information content (AvgIpc) is 3.04. The van der Waals surface area contributed by atoms with Crippen molar-refractivity contribution in [1.82, 2.24) is 14.7 Å². The van der Waals surface area contributed by atoms with Crippen molar-refractivity contribution in [3.63, 3.8) is 0 Å². The molecular formula is C23H26ClN5O. The molecule has 4 rings (SSSR count). The molecule has 7 heteroatoms. The Balaban J connectivity index is 1.53. The minimum atomic E-state index is -0.258. The minimum Gasteiger partial charge on any atom is -0.369 e. The van der Waals surface area contributed by atoms with Gasteiger partial charge in [-0.3, -0.25) is 4.79 Å². The fourth-order valence-electron chi connectivity index (χ4n) is 3.83. The molecule has 1 aliphatic heterocycles. The number of carbonyl (C=O) groups is 1. The second-order valence-electron chi connectivity index (χ2n) is 7.74. The first-order valence-electron chi connectivity index (χ1n) is 10.1. The van der Waals surface area contributed by atoms with E-state index in [2.05, 4.69) is 40.3 Å². The zero-order valence-electron chi connectivity index (χ0n) is 17.5. The number of aryl methyl sites for hydroxylation is 2. The number of carbonyl (C=O) groups excluding carboxylic acids is 1. The van der Waals surface area contributed by atoms with Gasteiger partial charge >= 0.3 is 0 Å². The molecule has 2 heterocycles. The summed E-state index contributed by atoms with van der Waals surface area (Å²) in [7, 11) is 2.15. The number of anilines is 2. The number of likely N-dealkylation sites (N-methyl/N-ethyl adjacent to an activating group) is 1. The van der Waals surface area contributed by atoms with E-state index in [-0.39, 0.29) is 5.91 Å². The molecule has 0 aliphatic carbocycles. The number of aromatic nitrogens is 2. The lowest BCUT2D eigenvalue weighted by Crippen LogP contribution is -2.44. The number of para-hydroxylation sites is 1. The molecule has 1 N–H and O–H groups in total. The number of hydrogen-bond acceptors (Lipinski definition) is 4. The van der Waals surface area contributed by atoms with Crippen LogP contribution in [0.15, 0.2) is 48.5 Å². The molecule has 2 aromatic carbocycles. The van der Waals surface area contributed by atoms with Crippen LogP contribution in [-0.4, -0.2) is 53.8 Å². The van der Waals surface area contributed by atoms with Crippen LogP contribution < -0.4 is 10.2 Å². The van der Waals surface area contributed by atoms with Crippen LogP contribution in [0.5, 0.6) is 0 Å².